The molecule has 1 aromatic rings. The molecule has 0 aliphatic carbocycles. The van der Waals surface area contributed by atoms with E-state index in [9.17, 15) is 8.42 Å². The van der Waals surface area contributed by atoms with Crippen molar-refractivity contribution < 1.29 is 13.2 Å². The highest BCUT2D eigenvalue weighted by Gasteiger charge is 2.28. The Kier molecular flexibility index (Phi) is 11.6. The van der Waals surface area contributed by atoms with Gasteiger partial charge in [0.2, 0.25) is 10.0 Å². The Balaban J connectivity index is 0.00000450. The fraction of sp³-hybridized carbons (Fsp3) is 0.667. The van der Waals surface area contributed by atoms with Crippen LogP contribution in [0.5, 0.6) is 0 Å². The van der Waals surface area contributed by atoms with Crippen LogP contribution < -0.4 is 5.32 Å². The van der Waals surface area contributed by atoms with E-state index in [1.807, 2.05) is 13.8 Å². The van der Waals surface area contributed by atoms with Gasteiger partial charge in [-0.25, -0.2) is 8.42 Å². The molecule has 1 aromatic carbocycles. The van der Waals surface area contributed by atoms with Crippen molar-refractivity contribution >= 4 is 40.0 Å². The van der Waals surface area contributed by atoms with Crippen LogP contribution >= 0.6 is 24.0 Å². The molecule has 1 saturated heterocycles. The van der Waals surface area contributed by atoms with Gasteiger partial charge >= 0.3 is 0 Å². The van der Waals surface area contributed by atoms with Gasteiger partial charge < -0.3 is 15.0 Å². The normalized spacial score (nSPS) is 17.0. The first-order chi connectivity index (χ1) is 13.7. The molecule has 1 unspecified atom stereocenters. The van der Waals surface area contributed by atoms with Crippen molar-refractivity contribution in [1.29, 1.82) is 0 Å². The van der Waals surface area contributed by atoms with E-state index in [-0.39, 0.29) is 42.4 Å². The van der Waals surface area contributed by atoms with Crippen LogP contribution in [0.25, 0.3) is 0 Å². The second-order valence-corrected chi connectivity index (χ2v) is 9.95. The molecule has 0 spiro atoms. The van der Waals surface area contributed by atoms with E-state index < -0.39 is 10.0 Å². The number of aliphatic imine (C=N–C) groups is 1. The number of rotatable bonds is 8. The van der Waals surface area contributed by atoms with Gasteiger partial charge in [0.05, 0.1) is 18.5 Å². The predicted molar refractivity (Wildman–Crippen MR) is 134 cm³/mol. The van der Waals surface area contributed by atoms with Crippen molar-refractivity contribution in [2.45, 2.75) is 39.7 Å². The first-order valence-corrected chi connectivity index (χ1v) is 12.0. The molecule has 9 heteroatoms. The van der Waals surface area contributed by atoms with Crippen LogP contribution in [0.3, 0.4) is 0 Å². The topological polar surface area (TPSA) is 74.2 Å². The lowest BCUT2D eigenvalue weighted by molar-refractivity contribution is 0.0904. The Morgan fingerprint density at radius 3 is 2.27 bits per heavy atom. The second-order valence-electron chi connectivity index (χ2n) is 7.86. The molecule has 172 valence electrons. The molecule has 1 aliphatic rings. The smallest absolute Gasteiger partial charge is 0.216 e. The number of benzene rings is 1. The van der Waals surface area contributed by atoms with Crippen molar-refractivity contribution in [3.8, 4) is 0 Å². The van der Waals surface area contributed by atoms with Gasteiger partial charge in [-0.15, -0.1) is 24.0 Å². The monoisotopic (exact) mass is 552 g/mol. The molecule has 0 amide bonds. The van der Waals surface area contributed by atoms with E-state index >= 15 is 0 Å². The van der Waals surface area contributed by atoms with Gasteiger partial charge in [0.15, 0.2) is 5.96 Å². The van der Waals surface area contributed by atoms with Crippen molar-refractivity contribution in [2.24, 2.45) is 4.99 Å². The summed E-state index contributed by atoms with van der Waals surface area (Å²) in [6.07, 6.45) is 0.0405. The molecule has 1 aliphatic heterocycles. The average Bonchev–Trinajstić information content (AvgIpc) is 2.68. The maximum atomic E-state index is 12.5. The highest BCUT2D eigenvalue weighted by molar-refractivity contribution is 14.0. The minimum Gasteiger partial charge on any atom is -0.378 e. The van der Waals surface area contributed by atoms with Gasteiger partial charge in [-0.05, 0) is 32.3 Å². The van der Waals surface area contributed by atoms with Crippen LogP contribution in [0.1, 0.15) is 37.8 Å². The van der Waals surface area contributed by atoms with E-state index in [2.05, 4.69) is 53.3 Å². The van der Waals surface area contributed by atoms with E-state index in [4.69, 9.17) is 4.74 Å². The molecule has 2 rings (SSSR count). The van der Waals surface area contributed by atoms with Gasteiger partial charge in [-0.1, -0.05) is 36.8 Å². The quantitative estimate of drug-likeness (QED) is 0.305. The summed E-state index contributed by atoms with van der Waals surface area (Å²) in [6.45, 7) is 11.3. The lowest BCUT2D eigenvalue weighted by atomic mass is 10.0. The van der Waals surface area contributed by atoms with Crippen molar-refractivity contribution in [2.75, 3.05) is 52.1 Å². The highest BCUT2D eigenvalue weighted by atomic mass is 127. The van der Waals surface area contributed by atoms with Crippen molar-refractivity contribution in [3.63, 3.8) is 0 Å². The average molecular weight is 553 g/mol. The lowest BCUT2D eigenvalue weighted by Gasteiger charge is -2.36. The Morgan fingerprint density at radius 1 is 1.13 bits per heavy atom. The molecule has 0 bridgehead atoms. The third-order valence-electron chi connectivity index (χ3n) is 5.15. The first-order valence-electron chi connectivity index (χ1n) is 10.3. The third kappa shape index (κ3) is 8.32. The van der Waals surface area contributed by atoms with E-state index in [0.29, 0.717) is 32.1 Å². The molecular formula is C21H37IN4O3S. The number of aryl methyl sites for hydroxylation is 1. The zero-order valence-electron chi connectivity index (χ0n) is 18.8. The van der Waals surface area contributed by atoms with Gasteiger partial charge in [0.1, 0.15) is 0 Å². The second kappa shape index (κ2) is 12.8. The summed E-state index contributed by atoms with van der Waals surface area (Å²) in [6, 6.07) is 8.59. The van der Waals surface area contributed by atoms with Crippen LogP contribution in [0.15, 0.2) is 29.3 Å². The molecule has 0 saturated carbocycles. The predicted octanol–water partition coefficient (Wildman–Crippen LogP) is 2.66. The molecule has 7 nitrogen and oxygen atoms in total. The third-order valence-corrected chi connectivity index (χ3v) is 6.98. The summed E-state index contributed by atoms with van der Waals surface area (Å²) in [5, 5.41) is 3.44. The van der Waals surface area contributed by atoms with Gasteiger partial charge in [0, 0.05) is 39.8 Å². The zero-order chi connectivity index (χ0) is 21.4. The standard InChI is InChI=1S/C21H36N4O3S.HI/c1-17(2)28-14-15-29(26,27)25-12-10-24(11-13-25)21(22-5)23-16-19(4)20-8-6-18(3)7-9-20;/h6-9,17,19H,10-16H2,1-5H3,(H,22,23);1H. The Morgan fingerprint density at radius 2 is 1.73 bits per heavy atom. The Bertz CT molecular complexity index is 761. The fourth-order valence-electron chi connectivity index (χ4n) is 3.29. The summed E-state index contributed by atoms with van der Waals surface area (Å²) in [7, 11) is -1.51. The van der Waals surface area contributed by atoms with Gasteiger partial charge in [-0.3, -0.25) is 4.99 Å². The van der Waals surface area contributed by atoms with Gasteiger partial charge in [-0.2, -0.15) is 4.31 Å². The maximum absolute atomic E-state index is 12.5. The summed E-state index contributed by atoms with van der Waals surface area (Å²) in [5.41, 5.74) is 2.55. The molecule has 1 N–H and O–H groups in total. The summed E-state index contributed by atoms with van der Waals surface area (Å²) < 4.78 is 31.9. The number of ether oxygens (including phenoxy) is 1. The molecule has 1 atom stereocenters. The lowest BCUT2D eigenvalue weighted by Crippen LogP contribution is -2.54. The van der Waals surface area contributed by atoms with Crippen molar-refractivity contribution in [1.82, 2.24) is 14.5 Å². The minimum atomic E-state index is -3.28. The molecule has 1 fully saturated rings. The summed E-state index contributed by atoms with van der Waals surface area (Å²) in [5.74, 6) is 1.21. The van der Waals surface area contributed by atoms with Crippen LogP contribution in [-0.2, 0) is 14.8 Å². The number of sulfonamides is 1. The largest absolute Gasteiger partial charge is 0.378 e. The molecule has 0 radical (unpaired) electrons. The summed E-state index contributed by atoms with van der Waals surface area (Å²) in [4.78, 5) is 6.51. The maximum Gasteiger partial charge on any atom is 0.216 e. The summed E-state index contributed by atoms with van der Waals surface area (Å²) >= 11 is 0. The fourth-order valence-corrected chi connectivity index (χ4v) is 4.57. The SMILES string of the molecule is CN=C(NCC(C)c1ccc(C)cc1)N1CCN(S(=O)(=O)CCOC(C)C)CC1.I. The van der Waals surface area contributed by atoms with E-state index in [1.54, 1.807) is 11.4 Å². The van der Waals surface area contributed by atoms with Crippen LogP contribution in [0, 0.1) is 6.92 Å². The molecule has 30 heavy (non-hydrogen) atoms. The van der Waals surface area contributed by atoms with Crippen LogP contribution in [-0.4, -0.2) is 81.8 Å². The van der Waals surface area contributed by atoms with E-state index in [0.717, 1.165) is 12.5 Å². The number of halogens is 1. The van der Waals surface area contributed by atoms with Crippen LogP contribution in [0.2, 0.25) is 0 Å². The number of hydrogen-bond donors (Lipinski definition) is 1. The number of nitrogens with zero attached hydrogens (tertiary/aromatic N) is 3. The minimum absolute atomic E-state index is 0. The zero-order valence-corrected chi connectivity index (χ0v) is 21.9. The molecule has 1 heterocycles. The van der Waals surface area contributed by atoms with Crippen molar-refractivity contribution in [3.05, 3.63) is 35.4 Å². The number of guanidine groups is 1. The van der Waals surface area contributed by atoms with Crippen LogP contribution in [0.4, 0.5) is 0 Å². The molecule has 0 aromatic heterocycles. The molecular weight excluding hydrogens is 515 g/mol. The first kappa shape index (κ1) is 27.1. The Hall–Kier alpha value is -0.910. The number of nitrogens with one attached hydrogen (secondary N) is 1. The number of piperazine rings is 1. The number of hydrogen-bond acceptors (Lipinski definition) is 4. The van der Waals surface area contributed by atoms with E-state index in [1.165, 1.54) is 11.1 Å². The van der Waals surface area contributed by atoms with Gasteiger partial charge in [0.25, 0.3) is 0 Å². The Labute approximate surface area is 199 Å². The highest BCUT2D eigenvalue weighted by Crippen LogP contribution is 2.15.